The Hall–Kier alpha value is -0.502. The average molecular weight is 342 g/mol. The van der Waals surface area contributed by atoms with E-state index in [0.717, 1.165) is 6.54 Å². The summed E-state index contributed by atoms with van der Waals surface area (Å²) in [5.74, 6) is 0. The van der Waals surface area contributed by atoms with Crippen molar-refractivity contribution in [3.63, 3.8) is 0 Å². The van der Waals surface area contributed by atoms with Gasteiger partial charge in [-0.15, -0.1) is 0 Å². The molecule has 0 atom stereocenters. The molecular formula is C7H12NO3W-. The van der Waals surface area contributed by atoms with Gasteiger partial charge in [-0.1, -0.05) is 0 Å². The molecule has 0 aromatic heterocycles. The van der Waals surface area contributed by atoms with Crippen molar-refractivity contribution in [2.24, 2.45) is 0 Å². The van der Waals surface area contributed by atoms with Crippen molar-refractivity contribution in [3.05, 3.63) is 6.54 Å². The van der Waals surface area contributed by atoms with E-state index in [-0.39, 0.29) is 21.1 Å². The molecule has 0 aliphatic heterocycles. The Labute approximate surface area is 86.3 Å². The summed E-state index contributed by atoms with van der Waals surface area (Å²) < 4.78 is 4.80. The first-order chi connectivity index (χ1) is 4.95. The molecule has 4 nitrogen and oxygen atoms in total. The first-order valence-electron chi connectivity index (χ1n) is 3.22. The number of hydrogen-bond acceptors (Lipinski definition) is 3. The van der Waals surface area contributed by atoms with Crippen LogP contribution in [0.5, 0.6) is 0 Å². The molecule has 0 aromatic rings. The second-order valence-electron chi connectivity index (χ2n) is 2.95. The molecule has 70 valence electrons. The van der Waals surface area contributed by atoms with Gasteiger partial charge in [0.15, 0.2) is 0 Å². The number of amides is 1. The smallest absolute Gasteiger partial charge is 0.381 e. The molecule has 0 aliphatic rings. The van der Waals surface area contributed by atoms with Gasteiger partial charge in [0, 0.05) is 27.4 Å². The number of carbonyl (C=O) groups excluding carboxylic acids is 2. The summed E-state index contributed by atoms with van der Waals surface area (Å²) >= 11 is 0. The van der Waals surface area contributed by atoms with Crippen LogP contribution in [-0.4, -0.2) is 18.0 Å². The number of ether oxygens (including phenoxy) is 1. The normalized spacial score (nSPS) is 9.25. The molecule has 0 saturated carbocycles. The molecule has 0 unspecified atom stereocenters. The Balaban J connectivity index is 0. The van der Waals surface area contributed by atoms with E-state index in [1.165, 1.54) is 0 Å². The summed E-state index contributed by atoms with van der Waals surface area (Å²) in [6, 6.07) is 0. The molecule has 1 amide bonds. The van der Waals surface area contributed by atoms with Crippen LogP contribution in [0.3, 0.4) is 0 Å². The van der Waals surface area contributed by atoms with Crippen molar-refractivity contribution >= 4 is 12.4 Å². The van der Waals surface area contributed by atoms with Gasteiger partial charge in [-0.25, -0.2) is 11.3 Å². The van der Waals surface area contributed by atoms with Gasteiger partial charge < -0.3 is 14.8 Å². The third-order valence-corrected chi connectivity index (χ3v) is 0.668. The van der Waals surface area contributed by atoms with Crippen LogP contribution in [-0.2, 0) is 30.6 Å². The zero-order valence-electron chi connectivity index (χ0n) is 7.29. The second kappa shape index (κ2) is 6.06. The SMILES string of the molecule is CC(C)(C)OC(=O)N[CH-]C=O.[W]. The van der Waals surface area contributed by atoms with Gasteiger partial charge in [0.05, 0.1) is 0 Å². The number of rotatable bonds is 2. The number of hydrogen-bond donors (Lipinski definition) is 1. The monoisotopic (exact) mass is 342 g/mol. The Bertz CT molecular complexity index is 153. The van der Waals surface area contributed by atoms with E-state index in [0.29, 0.717) is 6.29 Å². The molecule has 0 spiro atoms. The standard InChI is InChI=1S/C7H12NO3.W/c1-7(2,3)11-6(10)8-4-5-9;/h4-5H,1-3H3,(H,8,10);/q-1;. The number of alkyl carbamates (subject to hydrolysis) is 1. The van der Waals surface area contributed by atoms with Crippen molar-refractivity contribution in [2.75, 3.05) is 0 Å². The molecule has 0 aliphatic carbocycles. The Kier molecular flexibility index (Phi) is 7.10. The zero-order chi connectivity index (χ0) is 8.91. The van der Waals surface area contributed by atoms with Crippen molar-refractivity contribution < 1.29 is 35.4 Å². The summed E-state index contributed by atoms with van der Waals surface area (Å²) in [6.07, 6.45) is -0.145. The fourth-order valence-corrected chi connectivity index (χ4v) is 0.410. The molecule has 0 fully saturated rings. The largest absolute Gasteiger partial charge is 0.448 e. The molecule has 0 radical (unpaired) electrons. The Morgan fingerprint density at radius 2 is 2.00 bits per heavy atom. The molecule has 1 N–H and O–H groups in total. The molecule has 0 heterocycles. The van der Waals surface area contributed by atoms with E-state index in [2.05, 4.69) is 5.32 Å². The summed E-state index contributed by atoms with van der Waals surface area (Å²) in [5.41, 5.74) is -0.527. The Morgan fingerprint density at radius 3 is 2.33 bits per heavy atom. The molecule has 0 saturated heterocycles. The van der Waals surface area contributed by atoms with Gasteiger partial charge in [-0.05, 0) is 20.8 Å². The minimum Gasteiger partial charge on any atom is -0.448 e. The van der Waals surface area contributed by atoms with Crippen molar-refractivity contribution in [1.82, 2.24) is 5.32 Å². The third kappa shape index (κ3) is 9.50. The maximum absolute atomic E-state index is 10.7. The first-order valence-corrected chi connectivity index (χ1v) is 3.22. The van der Waals surface area contributed by atoms with E-state index in [1.54, 1.807) is 20.8 Å². The summed E-state index contributed by atoms with van der Waals surface area (Å²) in [5, 5.41) is 2.13. The van der Waals surface area contributed by atoms with E-state index < -0.39 is 11.7 Å². The van der Waals surface area contributed by atoms with Crippen molar-refractivity contribution in [2.45, 2.75) is 26.4 Å². The quantitative estimate of drug-likeness (QED) is 0.599. The van der Waals surface area contributed by atoms with Crippen LogP contribution in [0.15, 0.2) is 0 Å². The van der Waals surface area contributed by atoms with Crippen molar-refractivity contribution in [3.8, 4) is 0 Å². The number of aldehydes is 1. The minimum atomic E-state index is -0.621. The van der Waals surface area contributed by atoms with E-state index in [4.69, 9.17) is 4.74 Å². The third-order valence-electron chi connectivity index (χ3n) is 0.668. The van der Waals surface area contributed by atoms with Gasteiger partial charge >= 0.3 is 6.09 Å². The maximum atomic E-state index is 10.7. The van der Waals surface area contributed by atoms with Crippen LogP contribution in [0.4, 0.5) is 4.79 Å². The van der Waals surface area contributed by atoms with Gasteiger partial charge in [-0.2, -0.15) is 0 Å². The van der Waals surface area contributed by atoms with Crippen molar-refractivity contribution in [1.29, 1.82) is 0 Å². The van der Waals surface area contributed by atoms with Gasteiger partial charge in [0.2, 0.25) is 0 Å². The van der Waals surface area contributed by atoms with E-state index >= 15 is 0 Å². The predicted molar refractivity (Wildman–Crippen MR) is 39.7 cm³/mol. The fraction of sp³-hybridized carbons (Fsp3) is 0.571. The molecule has 5 heteroatoms. The summed E-state index contributed by atoms with van der Waals surface area (Å²) in [6.45, 7) is 6.21. The maximum Gasteiger partial charge on any atom is 0.381 e. The van der Waals surface area contributed by atoms with Gasteiger partial charge in [-0.3, -0.25) is 0 Å². The average Bonchev–Trinajstić information content (AvgIpc) is 1.79. The van der Waals surface area contributed by atoms with Crippen LogP contribution >= 0.6 is 0 Å². The van der Waals surface area contributed by atoms with Gasteiger partial charge in [0.25, 0.3) is 0 Å². The molecule has 0 aromatic carbocycles. The number of nitrogens with one attached hydrogen (secondary N) is 1. The van der Waals surface area contributed by atoms with Crippen LogP contribution in [0, 0.1) is 6.54 Å². The molecular weight excluding hydrogens is 330 g/mol. The van der Waals surface area contributed by atoms with E-state index in [1.807, 2.05) is 0 Å². The van der Waals surface area contributed by atoms with E-state index in [9.17, 15) is 9.59 Å². The fourth-order valence-electron chi connectivity index (χ4n) is 0.410. The summed E-state index contributed by atoms with van der Waals surface area (Å²) in [4.78, 5) is 20.4. The minimum absolute atomic E-state index is 0. The van der Waals surface area contributed by atoms with Crippen LogP contribution in [0.2, 0.25) is 0 Å². The predicted octanol–water partition coefficient (Wildman–Crippen LogP) is 0.869. The van der Waals surface area contributed by atoms with Crippen LogP contribution in [0.25, 0.3) is 0 Å². The number of carbonyl (C=O) groups is 2. The molecule has 12 heavy (non-hydrogen) atoms. The van der Waals surface area contributed by atoms with Gasteiger partial charge in [0.1, 0.15) is 5.60 Å². The Morgan fingerprint density at radius 1 is 1.50 bits per heavy atom. The first kappa shape index (κ1) is 14.0. The summed E-state index contributed by atoms with van der Waals surface area (Å²) in [7, 11) is 0. The topological polar surface area (TPSA) is 55.4 Å². The van der Waals surface area contributed by atoms with Crippen LogP contribution < -0.4 is 5.32 Å². The zero-order valence-corrected chi connectivity index (χ0v) is 10.2. The molecule has 0 bridgehead atoms. The second-order valence-corrected chi connectivity index (χ2v) is 2.95. The molecule has 0 rings (SSSR count). The van der Waals surface area contributed by atoms with Crippen LogP contribution in [0.1, 0.15) is 20.8 Å².